The Hall–Kier alpha value is -7.15. The van der Waals surface area contributed by atoms with Gasteiger partial charge in [0.1, 0.15) is 0 Å². The van der Waals surface area contributed by atoms with Crippen molar-refractivity contribution in [2.45, 2.75) is 0 Å². The normalized spacial score (nSPS) is 12.1. The molecular formula is C56H34IN3. The van der Waals surface area contributed by atoms with Gasteiger partial charge in [0.15, 0.2) is 0 Å². The molecule has 0 aliphatic rings. The zero-order valence-electron chi connectivity index (χ0n) is 32.3. The molecule has 0 saturated carbocycles. The molecule has 0 amide bonds. The lowest BCUT2D eigenvalue weighted by molar-refractivity contribution is 1.18. The predicted molar refractivity (Wildman–Crippen MR) is 263 cm³/mol. The van der Waals surface area contributed by atoms with Crippen molar-refractivity contribution in [1.82, 2.24) is 11.9 Å². The average Bonchev–Trinajstić information content (AvgIpc) is 3.94. The Bertz CT molecular complexity index is 3890. The summed E-state index contributed by atoms with van der Waals surface area (Å²) in [5, 5.41) is 12.6. The van der Waals surface area contributed by atoms with E-state index in [1.165, 1.54) is 109 Å². The molecule has 0 spiro atoms. The predicted octanol–water partition coefficient (Wildman–Crippen LogP) is 15.8. The molecule has 280 valence electrons. The number of aromatic nitrogens is 3. The molecule has 10 aromatic carbocycles. The minimum Gasteiger partial charge on any atom is -0.309 e. The monoisotopic (exact) mass is 875 g/mol. The number of halogens is 1. The van der Waals surface area contributed by atoms with E-state index in [9.17, 15) is 0 Å². The summed E-state index contributed by atoms with van der Waals surface area (Å²) in [5.41, 5.74) is 14.5. The van der Waals surface area contributed by atoms with Crippen LogP contribution >= 0.6 is 22.9 Å². The number of fused-ring (bicyclic) bond motifs is 13. The highest BCUT2D eigenvalue weighted by atomic mass is 127. The fourth-order valence-corrected chi connectivity index (χ4v) is 10.9. The highest BCUT2D eigenvalue weighted by Crippen LogP contribution is 2.44. The Morgan fingerprint density at radius 3 is 1.60 bits per heavy atom. The third-order valence-corrected chi connectivity index (χ3v) is 13.8. The summed E-state index contributed by atoms with van der Waals surface area (Å²) >= 11 is 2.46. The average molecular weight is 876 g/mol. The Morgan fingerprint density at radius 2 is 0.850 bits per heavy atom. The van der Waals surface area contributed by atoms with Gasteiger partial charge in [-0.05, 0) is 111 Å². The van der Waals surface area contributed by atoms with Gasteiger partial charge in [-0.1, -0.05) is 133 Å². The number of para-hydroxylation sites is 2. The molecular weight excluding hydrogens is 842 g/mol. The summed E-state index contributed by atoms with van der Waals surface area (Å²) in [6.45, 7) is 0. The molecule has 0 saturated heterocycles. The largest absolute Gasteiger partial charge is 0.309 e. The first kappa shape index (κ1) is 33.8. The lowest BCUT2D eigenvalue weighted by atomic mass is 9.95. The first-order valence-electron chi connectivity index (χ1n) is 20.5. The van der Waals surface area contributed by atoms with Crippen molar-refractivity contribution in [3.8, 4) is 33.6 Å². The molecule has 0 atom stereocenters. The van der Waals surface area contributed by atoms with Crippen molar-refractivity contribution < 1.29 is 0 Å². The Kier molecular flexibility index (Phi) is 7.28. The van der Waals surface area contributed by atoms with Crippen molar-refractivity contribution in [3.05, 3.63) is 206 Å². The van der Waals surface area contributed by atoms with Gasteiger partial charge in [0.05, 0.1) is 56.0 Å². The highest BCUT2D eigenvalue weighted by molar-refractivity contribution is 14.1. The van der Waals surface area contributed by atoms with Crippen molar-refractivity contribution in [2.24, 2.45) is 0 Å². The number of nitrogens with zero attached hydrogens (tertiary/aromatic N) is 3. The van der Waals surface area contributed by atoms with Crippen LogP contribution in [0.4, 0.5) is 0 Å². The Morgan fingerprint density at radius 1 is 0.300 bits per heavy atom. The Labute approximate surface area is 359 Å². The molecule has 13 aromatic rings. The lowest BCUT2D eigenvalue weighted by Crippen LogP contribution is -1.94. The quantitative estimate of drug-likeness (QED) is 0.157. The van der Waals surface area contributed by atoms with E-state index in [2.05, 4.69) is 241 Å². The summed E-state index contributed by atoms with van der Waals surface area (Å²) < 4.78 is 7.18. The minimum atomic E-state index is 1.15. The molecule has 3 aromatic heterocycles. The van der Waals surface area contributed by atoms with Crippen LogP contribution in [-0.2, 0) is 0 Å². The maximum absolute atomic E-state index is 2.46. The van der Waals surface area contributed by atoms with E-state index in [0.29, 0.717) is 0 Å². The van der Waals surface area contributed by atoms with Crippen molar-refractivity contribution in [1.29, 1.82) is 0 Å². The molecule has 0 aliphatic carbocycles. The number of hydrogen-bond donors (Lipinski definition) is 0. The van der Waals surface area contributed by atoms with Gasteiger partial charge in [-0.3, -0.25) is 2.78 Å². The molecule has 0 aliphatic heterocycles. The molecule has 0 fully saturated rings. The fraction of sp³-hybridized carbons (Fsp3) is 0. The standard InChI is InChI=1S/C56H34IN3/c57-60-51-30-25-38(33-48(51)55-42-18-9-7-12-35(42)23-31-53(55)60)37-24-28-50-47(32-37)54-43(20-11-21-52(54)58(50)40-14-3-1-4-15-40)39-26-29-49-46(34-39)45-27-22-36-13-8-10-19-44(36)56(45)59(49)41-16-5-2-6-17-41/h1-34H. The Balaban J connectivity index is 1.07. The van der Waals surface area contributed by atoms with E-state index < -0.39 is 0 Å². The van der Waals surface area contributed by atoms with Gasteiger partial charge in [-0.25, -0.2) is 0 Å². The van der Waals surface area contributed by atoms with Crippen molar-refractivity contribution in [3.63, 3.8) is 0 Å². The van der Waals surface area contributed by atoms with Crippen LogP contribution in [0.3, 0.4) is 0 Å². The first-order valence-corrected chi connectivity index (χ1v) is 21.4. The maximum atomic E-state index is 2.46. The van der Waals surface area contributed by atoms with E-state index in [1.54, 1.807) is 0 Å². The fourth-order valence-electron chi connectivity index (χ4n) is 10.1. The molecule has 3 heterocycles. The molecule has 3 nitrogen and oxygen atoms in total. The molecule has 0 bridgehead atoms. The number of benzene rings is 10. The molecule has 60 heavy (non-hydrogen) atoms. The topological polar surface area (TPSA) is 14.8 Å². The summed E-state index contributed by atoms with van der Waals surface area (Å²) in [5.74, 6) is 0. The molecule has 0 unspecified atom stereocenters. The van der Waals surface area contributed by atoms with Crippen LogP contribution in [-0.4, -0.2) is 11.9 Å². The second kappa shape index (κ2) is 12.9. The van der Waals surface area contributed by atoms with Crippen LogP contribution in [0.1, 0.15) is 0 Å². The second-order valence-electron chi connectivity index (χ2n) is 15.9. The van der Waals surface area contributed by atoms with E-state index in [4.69, 9.17) is 0 Å². The SMILES string of the molecule is In1c2ccc(-c3ccc4c(c3)c3c(-c5ccc6c(c5)c5ccc7ccccc7c5n6-c5ccccc5)cccc3n4-c3ccccc3)cc2c2c3ccccc3ccc21. The summed E-state index contributed by atoms with van der Waals surface area (Å²) in [6.07, 6.45) is 0. The zero-order valence-corrected chi connectivity index (χ0v) is 34.5. The highest BCUT2D eigenvalue weighted by Gasteiger charge is 2.21. The van der Waals surface area contributed by atoms with E-state index in [1.807, 2.05) is 0 Å². The van der Waals surface area contributed by atoms with Gasteiger partial charge in [0.25, 0.3) is 0 Å². The summed E-state index contributed by atoms with van der Waals surface area (Å²) in [6, 6.07) is 76.1. The summed E-state index contributed by atoms with van der Waals surface area (Å²) in [4.78, 5) is 0. The van der Waals surface area contributed by atoms with Gasteiger partial charge in [0.2, 0.25) is 0 Å². The van der Waals surface area contributed by atoms with Crippen LogP contribution in [0.5, 0.6) is 0 Å². The molecule has 0 N–H and O–H groups in total. The zero-order chi connectivity index (χ0) is 39.5. The van der Waals surface area contributed by atoms with Crippen molar-refractivity contribution in [2.75, 3.05) is 0 Å². The lowest BCUT2D eigenvalue weighted by Gasteiger charge is -2.10. The van der Waals surface area contributed by atoms with Crippen LogP contribution in [0.25, 0.3) is 121 Å². The third kappa shape index (κ3) is 4.82. The number of hydrogen-bond acceptors (Lipinski definition) is 0. The smallest absolute Gasteiger partial charge is 0.0646 e. The van der Waals surface area contributed by atoms with Gasteiger partial charge >= 0.3 is 0 Å². The van der Waals surface area contributed by atoms with Crippen LogP contribution < -0.4 is 0 Å². The van der Waals surface area contributed by atoms with Crippen LogP contribution in [0.2, 0.25) is 0 Å². The van der Waals surface area contributed by atoms with Crippen LogP contribution in [0.15, 0.2) is 206 Å². The molecule has 4 heteroatoms. The first-order chi connectivity index (χ1) is 29.7. The minimum absolute atomic E-state index is 1.15. The van der Waals surface area contributed by atoms with E-state index >= 15 is 0 Å². The molecule has 13 rings (SSSR count). The van der Waals surface area contributed by atoms with Gasteiger partial charge in [0, 0.05) is 49.1 Å². The maximum Gasteiger partial charge on any atom is 0.0646 e. The number of rotatable bonds is 4. The van der Waals surface area contributed by atoms with Gasteiger partial charge in [-0.15, -0.1) is 0 Å². The van der Waals surface area contributed by atoms with Crippen LogP contribution in [0, 0.1) is 0 Å². The van der Waals surface area contributed by atoms with Gasteiger partial charge in [-0.2, -0.15) is 0 Å². The summed E-state index contributed by atoms with van der Waals surface area (Å²) in [7, 11) is 0. The van der Waals surface area contributed by atoms with Gasteiger partial charge < -0.3 is 9.13 Å². The van der Waals surface area contributed by atoms with E-state index in [0.717, 1.165) is 11.4 Å². The van der Waals surface area contributed by atoms with Crippen molar-refractivity contribution >= 4 is 110 Å². The van der Waals surface area contributed by atoms with E-state index in [-0.39, 0.29) is 0 Å². The molecule has 0 radical (unpaired) electrons. The third-order valence-electron chi connectivity index (χ3n) is 12.7. The second-order valence-corrected chi connectivity index (χ2v) is 16.8.